The van der Waals surface area contributed by atoms with Gasteiger partial charge in [0.05, 0.1) is 13.1 Å². The molecule has 1 unspecified atom stereocenters. The van der Waals surface area contributed by atoms with E-state index in [1.807, 2.05) is 13.0 Å². The van der Waals surface area contributed by atoms with Gasteiger partial charge in [0.25, 0.3) is 5.91 Å². The fourth-order valence-electron chi connectivity index (χ4n) is 1.96. The summed E-state index contributed by atoms with van der Waals surface area (Å²) in [5.41, 5.74) is 2.31. The first-order chi connectivity index (χ1) is 9.95. The Morgan fingerprint density at radius 3 is 2.76 bits per heavy atom. The van der Waals surface area contributed by atoms with E-state index in [2.05, 4.69) is 22.5 Å². The fourth-order valence-corrected chi connectivity index (χ4v) is 2.80. The molecule has 1 aromatic carbocycles. The van der Waals surface area contributed by atoms with E-state index in [-0.39, 0.29) is 18.2 Å². The van der Waals surface area contributed by atoms with Crippen LogP contribution in [0.5, 0.6) is 0 Å². The number of carbonyl (C=O) groups excluding carboxylic acids is 2. The Morgan fingerprint density at radius 1 is 1.43 bits per heavy atom. The molecule has 6 heteroatoms. The number of carbonyl (C=O) groups is 2. The number of rotatable bonds is 4. The van der Waals surface area contributed by atoms with E-state index in [0.717, 1.165) is 17.8 Å². The molecule has 1 aliphatic heterocycles. The summed E-state index contributed by atoms with van der Waals surface area (Å²) in [5, 5.41) is 6.96. The first-order valence-corrected chi connectivity index (χ1v) is 7.70. The molecule has 5 nitrogen and oxygen atoms in total. The number of anilines is 1. The quantitative estimate of drug-likeness (QED) is 0.895. The molecule has 2 N–H and O–H groups in total. The Labute approximate surface area is 128 Å². The molecular weight excluding hydrogens is 286 g/mol. The van der Waals surface area contributed by atoms with Crippen molar-refractivity contribution in [3.05, 3.63) is 29.3 Å². The van der Waals surface area contributed by atoms with Gasteiger partial charge in [-0.1, -0.05) is 18.7 Å². The van der Waals surface area contributed by atoms with Crippen LogP contribution in [0.15, 0.2) is 23.2 Å². The number of thioether (sulfide) groups is 1. The van der Waals surface area contributed by atoms with Crippen LogP contribution in [0.2, 0.25) is 0 Å². The van der Waals surface area contributed by atoms with Gasteiger partial charge in [0.15, 0.2) is 5.17 Å². The molecule has 1 amide bonds. The molecule has 0 fully saturated rings. The van der Waals surface area contributed by atoms with Gasteiger partial charge >= 0.3 is 0 Å². The fraction of sp³-hybridized carbons (Fsp3) is 0.400. The maximum Gasteiger partial charge on any atom is 0.257 e. The van der Waals surface area contributed by atoms with E-state index in [0.29, 0.717) is 16.0 Å². The average molecular weight is 305 g/mol. The SMILES string of the molecule is CC(=O)CNc1ccc(C(=O)NC2=NCC(C)S2)c(C)c1. The lowest BCUT2D eigenvalue weighted by molar-refractivity contribution is -0.115. The molecule has 1 atom stereocenters. The van der Waals surface area contributed by atoms with Crippen LogP contribution in [-0.4, -0.2) is 35.2 Å². The molecule has 1 heterocycles. The van der Waals surface area contributed by atoms with Gasteiger partial charge in [-0.05, 0) is 37.6 Å². The van der Waals surface area contributed by atoms with Gasteiger partial charge in [0, 0.05) is 16.5 Å². The lowest BCUT2D eigenvalue weighted by Gasteiger charge is -2.10. The molecular formula is C15H19N3O2S. The van der Waals surface area contributed by atoms with Crippen LogP contribution in [0.25, 0.3) is 0 Å². The van der Waals surface area contributed by atoms with Crippen LogP contribution >= 0.6 is 11.8 Å². The minimum atomic E-state index is -0.147. The summed E-state index contributed by atoms with van der Waals surface area (Å²) in [5.74, 6) is -0.0779. The van der Waals surface area contributed by atoms with Crippen LogP contribution in [0.4, 0.5) is 5.69 Å². The van der Waals surface area contributed by atoms with Crippen molar-refractivity contribution in [2.24, 2.45) is 4.99 Å². The molecule has 112 valence electrons. The topological polar surface area (TPSA) is 70.6 Å². The minimum Gasteiger partial charge on any atom is -0.378 e. The Balaban J connectivity index is 2.02. The number of benzene rings is 1. The smallest absolute Gasteiger partial charge is 0.257 e. The van der Waals surface area contributed by atoms with Gasteiger partial charge in [-0.25, -0.2) is 0 Å². The number of aliphatic imine (C=N–C) groups is 1. The Morgan fingerprint density at radius 2 is 2.19 bits per heavy atom. The van der Waals surface area contributed by atoms with E-state index in [4.69, 9.17) is 0 Å². The first-order valence-electron chi connectivity index (χ1n) is 6.82. The molecule has 2 rings (SSSR count). The molecule has 0 aromatic heterocycles. The highest BCUT2D eigenvalue weighted by Crippen LogP contribution is 2.20. The van der Waals surface area contributed by atoms with Crippen molar-refractivity contribution < 1.29 is 9.59 Å². The summed E-state index contributed by atoms with van der Waals surface area (Å²) in [6.07, 6.45) is 0. The third-order valence-corrected chi connectivity index (χ3v) is 4.04. The maximum absolute atomic E-state index is 12.2. The van der Waals surface area contributed by atoms with Crippen LogP contribution < -0.4 is 10.6 Å². The van der Waals surface area contributed by atoms with Gasteiger partial charge in [0.1, 0.15) is 5.78 Å². The van der Waals surface area contributed by atoms with Crippen molar-refractivity contribution in [2.45, 2.75) is 26.0 Å². The second kappa shape index (κ2) is 6.76. The van der Waals surface area contributed by atoms with Gasteiger partial charge in [-0.3, -0.25) is 14.6 Å². The number of hydrogen-bond donors (Lipinski definition) is 2. The third-order valence-electron chi connectivity index (χ3n) is 3.04. The lowest BCUT2D eigenvalue weighted by Crippen LogP contribution is -2.28. The molecule has 0 saturated carbocycles. The minimum absolute atomic E-state index is 0.0693. The molecule has 1 aromatic rings. The monoisotopic (exact) mass is 305 g/mol. The Bertz CT molecular complexity index is 599. The Kier molecular flexibility index (Phi) is 5.01. The molecule has 21 heavy (non-hydrogen) atoms. The molecule has 0 spiro atoms. The van der Waals surface area contributed by atoms with Gasteiger partial charge in [0.2, 0.25) is 0 Å². The van der Waals surface area contributed by atoms with Crippen LogP contribution in [-0.2, 0) is 4.79 Å². The number of amides is 1. The zero-order chi connectivity index (χ0) is 15.4. The van der Waals surface area contributed by atoms with Gasteiger partial charge in [-0.2, -0.15) is 0 Å². The predicted molar refractivity (Wildman–Crippen MR) is 87.2 cm³/mol. The number of ketones is 1. The highest BCUT2D eigenvalue weighted by molar-refractivity contribution is 8.14. The van der Waals surface area contributed by atoms with Gasteiger partial charge in [-0.15, -0.1) is 0 Å². The lowest BCUT2D eigenvalue weighted by atomic mass is 10.1. The number of aryl methyl sites for hydroxylation is 1. The number of Topliss-reactive ketones (excluding diaryl/α,β-unsaturated/α-hetero) is 1. The number of nitrogens with zero attached hydrogens (tertiary/aromatic N) is 1. The van der Waals surface area contributed by atoms with E-state index in [1.165, 1.54) is 6.92 Å². The summed E-state index contributed by atoms with van der Waals surface area (Å²) in [4.78, 5) is 27.5. The first kappa shape index (κ1) is 15.6. The summed E-state index contributed by atoms with van der Waals surface area (Å²) >= 11 is 1.58. The number of hydrogen-bond acceptors (Lipinski definition) is 5. The molecule has 0 aliphatic carbocycles. The zero-order valence-electron chi connectivity index (χ0n) is 12.4. The van der Waals surface area contributed by atoms with Crippen LogP contribution in [0, 0.1) is 6.92 Å². The second-order valence-corrected chi connectivity index (χ2v) is 6.54. The van der Waals surface area contributed by atoms with E-state index in [9.17, 15) is 9.59 Å². The molecule has 1 aliphatic rings. The summed E-state index contributed by atoms with van der Waals surface area (Å²) < 4.78 is 0. The van der Waals surface area contributed by atoms with E-state index < -0.39 is 0 Å². The van der Waals surface area contributed by atoms with Gasteiger partial charge < -0.3 is 10.6 Å². The van der Waals surface area contributed by atoms with Crippen molar-refractivity contribution in [1.82, 2.24) is 5.32 Å². The number of amidine groups is 1. The molecule has 0 saturated heterocycles. The normalized spacial score (nSPS) is 17.3. The highest BCUT2D eigenvalue weighted by Gasteiger charge is 2.18. The van der Waals surface area contributed by atoms with Crippen molar-refractivity contribution in [3.8, 4) is 0 Å². The predicted octanol–water partition coefficient (Wildman–Crippen LogP) is 2.22. The summed E-state index contributed by atoms with van der Waals surface area (Å²) in [6, 6.07) is 5.43. The highest BCUT2D eigenvalue weighted by atomic mass is 32.2. The van der Waals surface area contributed by atoms with Crippen molar-refractivity contribution in [2.75, 3.05) is 18.4 Å². The van der Waals surface area contributed by atoms with Crippen molar-refractivity contribution in [1.29, 1.82) is 0 Å². The van der Waals surface area contributed by atoms with Crippen LogP contribution in [0.1, 0.15) is 29.8 Å². The summed E-state index contributed by atoms with van der Waals surface area (Å²) in [7, 11) is 0. The average Bonchev–Trinajstić information content (AvgIpc) is 2.81. The standard InChI is InChI=1S/C15H19N3O2S/c1-9-6-12(16-7-10(2)19)4-5-13(9)14(20)18-15-17-8-11(3)21-15/h4-6,11,16H,7-8H2,1-3H3,(H,17,18,20). The third kappa shape index (κ3) is 4.32. The molecule has 0 radical (unpaired) electrons. The Hall–Kier alpha value is -1.82. The zero-order valence-corrected chi connectivity index (χ0v) is 13.2. The number of nitrogens with one attached hydrogen (secondary N) is 2. The molecule has 0 bridgehead atoms. The van der Waals surface area contributed by atoms with E-state index in [1.54, 1.807) is 23.9 Å². The van der Waals surface area contributed by atoms with E-state index >= 15 is 0 Å². The van der Waals surface area contributed by atoms with Crippen molar-refractivity contribution >= 4 is 34.3 Å². The van der Waals surface area contributed by atoms with Crippen molar-refractivity contribution in [3.63, 3.8) is 0 Å². The largest absolute Gasteiger partial charge is 0.378 e. The maximum atomic E-state index is 12.2. The second-order valence-electron chi connectivity index (χ2n) is 5.11. The summed E-state index contributed by atoms with van der Waals surface area (Å²) in [6.45, 7) is 6.51. The van der Waals surface area contributed by atoms with Crippen LogP contribution in [0.3, 0.4) is 0 Å².